The molecule has 3 heterocycles. The largest absolute Gasteiger partial charge is 0.432 e. The Morgan fingerprint density at radius 1 is 1.13 bits per heavy atom. The molecule has 1 spiro atoms. The van der Waals surface area contributed by atoms with Gasteiger partial charge in [0.05, 0.1) is 30.9 Å². The number of anilines is 1. The Hall–Kier alpha value is -2.75. The van der Waals surface area contributed by atoms with Gasteiger partial charge < -0.3 is 24.4 Å². The van der Waals surface area contributed by atoms with Crippen molar-refractivity contribution >= 4 is 37.4 Å². The van der Waals surface area contributed by atoms with E-state index in [-0.39, 0.29) is 36.4 Å². The molecule has 9 heteroatoms. The van der Waals surface area contributed by atoms with Gasteiger partial charge in [-0.2, -0.15) is 0 Å². The van der Waals surface area contributed by atoms with Crippen molar-refractivity contribution in [2.45, 2.75) is 96.3 Å². The number of fused-ring (bicyclic) bond motifs is 3. The topological polar surface area (TPSA) is 90.3 Å². The first-order valence-corrected chi connectivity index (χ1v) is 19.5. The Bertz CT molecular complexity index is 1510. The molecule has 2 amide bonds. The van der Waals surface area contributed by atoms with Crippen LogP contribution in [0.3, 0.4) is 0 Å². The van der Waals surface area contributed by atoms with Crippen LogP contribution in [0.15, 0.2) is 65.8 Å². The molecule has 0 aliphatic carbocycles. The predicted molar refractivity (Wildman–Crippen MR) is 182 cm³/mol. The number of rotatable bonds is 9. The number of allylic oxidation sites excluding steroid dienone is 3. The van der Waals surface area contributed by atoms with E-state index in [4.69, 9.17) is 16.3 Å². The van der Waals surface area contributed by atoms with Gasteiger partial charge in [0.2, 0.25) is 5.91 Å². The van der Waals surface area contributed by atoms with E-state index >= 15 is 0 Å². The van der Waals surface area contributed by atoms with E-state index in [0.29, 0.717) is 30.1 Å². The van der Waals surface area contributed by atoms with Crippen LogP contribution < -0.4 is 4.90 Å². The van der Waals surface area contributed by atoms with Crippen LogP contribution in [0.1, 0.15) is 63.6 Å². The van der Waals surface area contributed by atoms with Crippen LogP contribution in [-0.4, -0.2) is 60.2 Å². The van der Waals surface area contributed by atoms with Crippen LogP contribution in [0.25, 0.3) is 0 Å². The maximum atomic E-state index is 14.6. The molecule has 0 saturated carbocycles. The molecule has 1 saturated heterocycles. The number of halogens is 1. The second kappa shape index (κ2) is 13.2. The van der Waals surface area contributed by atoms with Crippen molar-refractivity contribution in [2.24, 2.45) is 5.92 Å². The first-order valence-electron chi connectivity index (χ1n) is 16.1. The molecule has 0 aromatic heterocycles. The van der Waals surface area contributed by atoms with Crippen LogP contribution >= 0.6 is 11.6 Å². The van der Waals surface area contributed by atoms with Crippen molar-refractivity contribution < 1.29 is 24.2 Å². The van der Waals surface area contributed by atoms with E-state index in [2.05, 4.69) is 32.9 Å². The van der Waals surface area contributed by atoms with Gasteiger partial charge in [0.1, 0.15) is 0 Å². The summed E-state index contributed by atoms with van der Waals surface area (Å²) in [6, 6.07) is 13.1. The van der Waals surface area contributed by atoms with Crippen molar-refractivity contribution in [3.8, 4) is 0 Å². The first-order chi connectivity index (χ1) is 21.3. The fourth-order valence-electron chi connectivity index (χ4n) is 7.70. The summed E-state index contributed by atoms with van der Waals surface area (Å²) in [7, 11) is -2.96. The fraction of sp³-hybridized carbons (Fsp3) is 0.500. The fourth-order valence-corrected chi connectivity index (χ4v) is 10.4. The second-order valence-electron chi connectivity index (χ2n) is 13.8. The van der Waals surface area contributed by atoms with Crippen LogP contribution in [0.4, 0.5) is 5.69 Å². The molecular weight excluding hydrogens is 604 g/mol. The van der Waals surface area contributed by atoms with E-state index in [1.54, 1.807) is 15.9 Å². The molecule has 5 atom stereocenters. The highest BCUT2D eigenvalue weighted by atomic mass is 35.5. The average molecular weight is 651 g/mol. The Morgan fingerprint density at radius 2 is 1.84 bits per heavy atom. The number of benzene rings is 2. The zero-order valence-electron chi connectivity index (χ0n) is 27.3. The standard InChI is InChI=1S/C36H47ClN2O5Si/c1-23(2)10-9-11-24(3)16-17-38-31-15-14-28(37)19-30(31)36(35(38)42)25(4)34(45(5,6)43)32(44-36)20-33(41)39-21-27-13-8-7-12-26(27)18-29(39)22-40/h7-8,10,12-16,19,25,29,32,34,40,43H,9,11,17-18,20-22H2,1-6H3/b24-16+/t25-,29-,32+,34-,36+/m0/s1. The number of nitrogens with zero attached hydrogens (tertiary/aromatic N) is 2. The molecule has 2 N–H and O–H groups in total. The number of aliphatic hydroxyl groups excluding tert-OH is 1. The summed E-state index contributed by atoms with van der Waals surface area (Å²) in [6.45, 7) is 12.6. The van der Waals surface area contributed by atoms with E-state index < -0.39 is 25.9 Å². The SMILES string of the molecule is CC(C)=CCC/C(C)=C/CN1C(=O)[C@]2(O[C@H](CC(=O)N3Cc4ccccc4C[C@H]3CO)[C@@H]([Si](C)(C)O)[C@@H]2C)c2cc(Cl)ccc21. The minimum absolute atomic E-state index is 0.0129. The van der Waals surface area contributed by atoms with Gasteiger partial charge in [-0.05, 0) is 82.5 Å². The van der Waals surface area contributed by atoms with Gasteiger partial charge in [0, 0.05) is 35.1 Å². The van der Waals surface area contributed by atoms with Crippen LogP contribution in [0.2, 0.25) is 23.7 Å². The van der Waals surface area contributed by atoms with Crippen LogP contribution in [0.5, 0.6) is 0 Å². The molecule has 3 aliphatic rings. The third kappa shape index (κ3) is 6.45. The quantitative estimate of drug-likeness (QED) is 0.239. The Balaban J connectivity index is 1.46. The minimum Gasteiger partial charge on any atom is -0.432 e. The van der Waals surface area contributed by atoms with Gasteiger partial charge in [-0.3, -0.25) is 9.59 Å². The van der Waals surface area contributed by atoms with Crippen molar-refractivity contribution in [1.82, 2.24) is 4.90 Å². The summed E-state index contributed by atoms with van der Waals surface area (Å²) in [6.07, 6.45) is 6.08. The lowest BCUT2D eigenvalue weighted by Gasteiger charge is -2.37. The smallest absolute Gasteiger partial charge is 0.264 e. The number of carbonyl (C=O) groups excluding carboxylic acids is 2. The van der Waals surface area contributed by atoms with Gasteiger partial charge in [0.15, 0.2) is 13.9 Å². The maximum absolute atomic E-state index is 14.6. The number of carbonyl (C=O) groups is 2. The first kappa shape index (κ1) is 33.6. The predicted octanol–water partition coefficient (Wildman–Crippen LogP) is 6.51. The molecule has 1 fully saturated rings. The number of ether oxygens (including phenoxy) is 1. The van der Waals surface area contributed by atoms with Crippen molar-refractivity contribution in [2.75, 3.05) is 18.1 Å². The molecule has 0 unspecified atom stereocenters. The summed E-state index contributed by atoms with van der Waals surface area (Å²) in [5.74, 6) is -0.723. The summed E-state index contributed by atoms with van der Waals surface area (Å²) < 4.78 is 6.87. The summed E-state index contributed by atoms with van der Waals surface area (Å²) >= 11 is 6.53. The van der Waals surface area contributed by atoms with Gasteiger partial charge in [-0.25, -0.2) is 0 Å². The van der Waals surface area contributed by atoms with Crippen molar-refractivity contribution in [3.05, 3.63) is 87.5 Å². The minimum atomic E-state index is -2.96. The lowest BCUT2D eigenvalue weighted by Crippen LogP contribution is -2.48. The molecule has 0 radical (unpaired) electrons. The summed E-state index contributed by atoms with van der Waals surface area (Å²) in [5, 5.41) is 10.7. The molecule has 45 heavy (non-hydrogen) atoms. The normalized spacial score (nSPS) is 26.3. The molecule has 2 aromatic carbocycles. The van der Waals surface area contributed by atoms with E-state index in [1.807, 2.05) is 56.4 Å². The van der Waals surface area contributed by atoms with Gasteiger partial charge in [-0.15, -0.1) is 0 Å². The molecule has 3 aliphatic heterocycles. The van der Waals surface area contributed by atoms with Crippen LogP contribution in [-0.2, 0) is 32.9 Å². The summed E-state index contributed by atoms with van der Waals surface area (Å²) in [5.41, 5.74) is 4.38. The Labute approximate surface area is 273 Å². The lowest BCUT2D eigenvalue weighted by atomic mass is 9.82. The number of hydrogen-bond donors (Lipinski definition) is 2. The molecule has 0 bridgehead atoms. The van der Waals surface area contributed by atoms with Crippen molar-refractivity contribution in [1.29, 1.82) is 0 Å². The summed E-state index contributed by atoms with van der Waals surface area (Å²) in [4.78, 5) is 43.7. The second-order valence-corrected chi connectivity index (χ2v) is 18.3. The van der Waals surface area contributed by atoms with E-state index in [9.17, 15) is 19.5 Å². The highest BCUT2D eigenvalue weighted by Gasteiger charge is 2.66. The van der Waals surface area contributed by atoms with Gasteiger partial charge in [0.25, 0.3) is 5.91 Å². The number of amides is 2. The van der Waals surface area contributed by atoms with E-state index in [1.165, 1.54) is 11.1 Å². The number of aliphatic hydroxyl groups is 1. The van der Waals surface area contributed by atoms with Gasteiger partial charge in [-0.1, -0.05) is 66.1 Å². The highest BCUT2D eigenvalue weighted by Crippen LogP contribution is 2.60. The zero-order valence-corrected chi connectivity index (χ0v) is 29.1. The molecular formula is C36H47ClN2O5Si. The molecule has 2 aromatic rings. The average Bonchev–Trinajstić information content (AvgIpc) is 3.40. The molecule has 5 rings (SSSR count). The Kier molecular flexibility index (Phi) is 9.83. The van der Waals surface area contributed by atoms with Crippen LogP contribution in [0, 0.1) is 5.92 Å². The zero-order chi connectivity index (χ0) is 32.7. The highest BCUT2D eigenvalue weighted by molar-refractivity contribution is 6.71. The molecule has 7 nitrogen and oxygen atoms in total. The third-order valence-corrected chi connectivity index (χ3v) is 12.7. The monoisotopic (exact) mass is 650 g/mol. The molecule has 242 valence electrons. The lowest BCUT2D eigenvalue weighted by molar-refractivity contribution is -0.150. The third-order valence-electron chi connectivity index (χ3n) is 9.92. The van der Waals surface area contributed by atoms with Crippen molar-refractivity contribution in [3.63, 3.8) is 0 Å². The van der Waals surface area contributed by atoms with E-state index in [0.717, 1.165) is 29.7 Å². The maximum Gasteiger partial charge on any atom is 0.264 e. The van der Waals surface area contributed by atoms with Gasteiger partial charge >= 0.3 is 0 Å². The Morgan fingerprint density at radius 3 is 2.51 bits per heavy atom. The number of hydrogen-bond acceptors (Lipinski definition) is 5.